The third-order valence-electron chi connectivity index (χ3n) is 3.01. The molecule has 2 rings (SSSR count). The number of hydrogen-bond donors (Lipinski definition) is 3. The average Bonchev–Trinajstić information content (AvgIpc) is 3.05. The number of urea groups is 1. The van der Waals surface area contributed by atoms with Crippen LogP contribution in [0.4, 0.5) is 9.18 Å². The molecule has 0 aliphatic heterocycles. The molecule has 124 valence electrons. The fourth-order valence-corrected chi connectivity index (χ4v) is 2.60. The molecule has 2 aromatic rings. The fraction of sp³-hybridized carbons (Fsp3) is 0.312. The van der Waals surface area contributed by atoms with Gasteiger partial charge in [-0.05, 0) is 30.5 Å². The Kier molecular flexibility index (Phi) is 6.37. The predicted octanol–water partition coefficient (Wildman–Crippen LogP) is 2.69. The van der Waals surface area contributed by atoms with Crippen molar-refractivity contribution in [1.82, 2.24) is 10.6 Å². The molecule has 2 atom stereocenters. The van der Waals surface area contributed by atoms with Crippen LogP contribution in [0.25, 0.3) is 0 Å². The Labute approximate surface area is 138 Å². The van der Waals surface area contributed by atoms with Crippen molar-refractivity contribution in [3.63, 3.8) is 0 Å². The average molecular weight is 338 g/mol. The summed E-state index contributed by atoms with van der Waals surface area (Å²) in [4.78, 5) is 12.5. The Morgan fingerprint density at radius 2 is 2.09 bits per heavy atom. The van der Waals surface area contributed by atoms with Gasteiger partial charge in [-0.1, -0.05) is 12.1 Å². The van der Waals surface area contributed by atoms with Gasteiger partial charge in [-0.2, -0.15) is 0 Å². The molecule has 1 aromatic carbocycles. The van der Waals surface area contributed by atoms with E-state index in [-0.39, 0.29) is 25.0 Å². The second-order valence-corrected chi connectivity index (χ2v) is 5.99. The summed E-state index contributed by atoms with van der Waals surface area (Å²) in [5.74, 6) is 0.0378. The van der Waals surface area contributed by atoms with Crippen LogP contribution in [0.5, 0.6) is 5.75 Å². The summed E-state index contributed by atoms with van der Waals surface area (Å²) >= 11 is 1.43. The molecule has 0 saturated carbocycles. The Balaban J connectivity index is 1.67. The third-order valence-corrected chi connectivity index (χ3v) is 3.98. The van der Waals surface area contributed by atoms with Crippen LogP contribution in [0, 0.1) is 5.82 Å². The summed E-state index contributed by atoms with van der Waals surface area (Å²) in [6.07, 6.45) is -1.04. The first-order valence-corrected chi connectivity index (χ1v) is 8.08. The number of aliphatic hydroxyl groups excluding tert-OH is 1. The third kappa shape index (κ3) is 5.88. The highest BCUT2D eigenvalue weighted by Gasteiger charge is 2.11. The molecule has 0 unspecified atom stereocenters. The molecular formula is C16H19FN2O3S. The number of nitrogens with one attached hydrogen (secondary N) is 2. The molecule has 0 radical (unpaired) electrons. The van der Waals surface area contributed by atoms with E-state index in [2.05, 4.69) is 10.6 Å². The van der Waals surface area contributed by atoms with Crippen molar-refractivity contribution in [2.75, 3.05) is 13.1 Å². The SMILES string of the molecule is C[C@H](CNC(=O)NC[C@@H](O)c1cccs1)Oc1cccc(F)c1. The zero-order chi connectivity index (χ0) is 16.7. The Hall–Kier alpha value is -2.12. The van der Waals surface area contributed by atoms with E-state index in [1.165, 1.54) is 23.5 Å². The van der Waals surface area contributed by atoms with Crippen LogP contribution in [0.1, 0.15) is 17.9 Å². The van der Waals surface area contributed by atoms with Gasteiger partial charge in [0, 0.05) is 10.9 Å². The van der Waals surface area contributed by atoms with E-state index in [1.54, 1.807) is 19.1 Å². The zero-order valence-corrected chi connectivity index (χ0v) is 13.5. The van der Waals surface area contributed by atoms with E-state index < -0.39 is 12.1 Å². The van der Waals surface area contributed by atoms with Gasteiger partial charge in [-0.25, -0.2) is 9.18 Å². The van der Waals surface area contributed by atoms with Gasteiger partial charge in [-0.15, -0.1) is 11.3 Å². The first-order valence-electron chi connectivity index (χ1n) is 7.20. The largest absolute Gasteiger partial charge is 0.489 e. The summed E-state index contributed by atoms with van der Waals surface area (Å²) in [6, 6.07) is 9.09. The maximum atomic E-state index is 13.0. The molecule has 7 heteroatoms. The standard InChI is InChI=1S/C16H19FN2O3S/c1-11(22-13-5-2-4-12(17)8-13)9-18-16(21)19-10-14(20)15-6-3-7-23-15/h2-8,11,14,20H,9-10H2,1H3,(H2,18,19,21)/t11-,14-/m1/s1. The second-order valence-electron chi connectivity index (χ2n) is 5.01. The molecule has 0 aliphatic rings. The van der Waals surface area contributed by atoms with Crippen molar-refractivity contribution < 1.29 is 19.0 Å². The van der Waals surface area contributed by atoms with Gasteiger partial charge in [0.15, 0.2) is 0 Å². The number of rotatable bonds is 7. The van der Waals surface area contributed by atoms with Gasteiger partial charge in [-0.3, -0.25) is 0 Å². The van der Waals surface area contributed by atoms with Crippen LogP contribution < -0.4 is 15.4 Å². The van der Waals surface area contributed by atoms with Crippen LogP contribution in [0.3, 0.4) is 0 Å². The monoisotopic (exact) mass is 338 g/mol. The highest BCUT2D eigenvalue weighted by atomic mass is 32.1. The number of thiophene rings is 1. The maximum absolute atomic E-state index is 13.0. The maximum Gasteiger partial charge on any atom is 0.315 e. The van der Waals surface area contributed by atoms with Crippen molar-refractivity contribution >= 4 is 17.4 Å². The smallest absolute Gasteiger partial charge is 0.315 e. The molecule has 3 N–H and O–H groups in total. The molecule has 23 heavy (non-hydrogen) atoms. The molecule has 0 fully saturated rings. The summed E-state index contributed by atoms with van der Waals surface area (Å²) in [5, 5.41) is 17.0. The lowest BCUT2D eigenvalue weighted by Crippen LogP contribution is -2.41. The van der Waals surface area contributed by atoms with Gasteiger partial charge < -0.3 is 20.5 Å². The van der Waals surface area contributed by atoms with Crippen molar-refractivity contribution in [3.05, 3.63) is 52.5 Å². The lowest BCUT2D eigenvalue weighted by Gasteiger charge is -2.16. The number of benzene rings is 1. The molecule has 1 heterocycles. The zero-order valence-electron chi connectivity index (χ0n) is 12.7. The second kappa shape index (κ2) is 8.50. The summed E-state index contributed by atoms with van der Waals surface area (Å²) in [5.41, 5.74) is 0. The van der Waals surface area contributed by atoms with E-state index in [0.29, 0.717) is 5.75 Å². The van der Waals surface area contributed by atoms with E-state index in [1.807, 2.05) is 17.5 Å². The van der Waals surface area contributed by atoms with Gasteiger partial charge in [0.25, 0.3) is 0 Å². The molecule has 2 amide bonds. The van der Waals surface area contributed by atoms with Crippen molar-refractivity contribution in [3.8, 4) is 5.75 Å². The quantitative estimate of drug-likeness (QED) is 0.727. The van der Waals surface area contributed by atoms with Crippen LogP contribution in [-0.2, 0) is 0 Å². The lowest BCUT2D eigenvalue weighted by molar-refractivity contribution is 0.174. The predicted molar refractivity (Wildman–Crippen MR) is 87.2 cm³/mol. The summed E-state index contributed by atoms with van der Waals surface area (Å²) in [7, 11) is 0. The highest BCUT2D eigenvalue weighted by molar-refractivity contribution is 7.10. The summed E-state index contributed by atoms with van der Waals surface area (Å²) in [6.45, 7) is 2.16. The Bertz CT molecular complexity index is 622. The summed E-state index contributed by atoms with van der Waals surface area (Å²) < 4.78 is 18.5. The number of aliphatic hydroxyl groups is 1. The van der Waals surface area contributed by atoms with Gasteiger partial charge >= 0.3 is 6.03 Å². The Morgan fingerprint density at radius 1 is 1.30 bits per heavy atom. The first-order chi connectivity index (χ1) is 11.0. The van der Waals surface area contributed by atoms with Crippen LogP contribution in [0.15, 0.2) is 41.8 Å². The van der Waals surface area contributed by atoms with Gasteiger partial charge in [0.2, 0.25) is 0 Å². The van der Waals surface area contributed by atoms with Gasteiger partial charge in [0.1, 0.15) is 23.8 Å². The number of ether oxygens (including phenoxy) is 1. The molecule has 1 aromatic heterocycles. The minimum Gasteiger partial charge on any atom is -0.489 e. The van der Waals surface area contributed by atoms with Crippen LogP contribution in [0.2, 0.25) is 0 Å². The minimum absolute atomic E-state index is 0.130. The highest BCUT2D eigenvalue weighted by Crippen LogP contribution is 2.17. The first kappa shape index (κ1) is 17.2. The number of halogens is 1. The number of hydrogen-bond acceptors (Lipinski definition) is 4. The van der Waals surface area contributed by atoms with Crippen molar-refractivity contribution in [2.24, 2.45) is 0 Å². The molecule has 0 bridgehead atoms. The molecule has 0 aliphatic carbocycles. The van der Waals surface area contributed by atoms with E-state index in [9.17, 15) is 14.3 Å². The normalized spacial score (nSPS) is 13.2. The van der Waals surface area contributed by atoms with E-state index in [4.69, 9.17) is 4.74 Å². The number of carbonyl (C=O) groups excluding carboxylic acids is 1. The minimum atomic E-state index is -0.721. The molecular weight excluding hydrogens is 319 g/mol. The molecule has 0 spiro atoms. The van der Waals surface area contributed by atoms with E-state index >= 15 is 0 Å². The number of amides is 2. The topological polar surface area (TPSA) is 70.6 Å². The fourth-order valence-electron chi connectivity index (χ4n) is 1.88. The van der Waals surface area contributed by atoms with Gasteiger partial charge in [0.05, 0.1) is 13.1 Å². The van der Waals surface area contributed by atoms with Crippen molar-refractivity contribution in [1.29, 1.82) is 0 Å². The number of carbonyl (C=O) groups is 1. The van der Waals surface area contributed by atoms with E-state index in [0.717, 1.165) is 4.88 Å². The van der Waals surface area contributed by atoms with Crippen LogP contribution in [-0.4, -0.2) is 30.3 Å². The van der Waals surface area contributed by atoms with Crippen LogP contribution >= 0.6 is 11.3 Å². The molecule has 5 nitrogen and oxygen atoms in total. The van der Waals surface area contributed by atoms with Crippen molar-refractivity contribution in [2.45, 2.75) is 19.1 Å². The lowest BCUT2D eigenvalue weighted by atomic mass is 10.3. The molecule has 0 saturated heterocycles. The Morgan fingerprint density at radius 3 is 2.78 bits per heavy atom.